The van der Waals surface area contributed by atoms with Gasteiger partial charge in [-0.1, -0.05) is 71.5 Å². The molecule has 0 saturated carbocycles. The van der Waals surface area contributed by atoms with Crippen molar-refractivity contribution in [2.75, 3.05) is 0 Å². The fourth-order valence-electron chi connectivity index (χ4n) is 3.37. The van der Waals surface area contributed by atoms with Crippen molar-refractivity contribution in [3.8, 4) is 22.8 Å². The highest BCUT2D eigenvalue weighted by molar-refractivity contribution is 5.59. The van der Waals surface area contributed by atoms with Crippen molar-refractivity contribution in [2.24, 2.45) is 0 Å². The van der Waals surface area contributed by atoms with Gasteiger partial charge in [-0.2, -0.15) is 4.57 Å². The Morgan fingerprint density at radius 1 is 0.964 bits per heavy atom. The van der Waals surface area contributed by atoms with E-state index in [2.05, 4.69) is 12.0 Å². The van der Waals surface area contributed by atoms with Gasteiger partial charge in [0.15, 0.2) is 0 Å². The molecule has 0 aliphatic heterocycles. The summed E-state index contributed by atoms with van der Waals surface area (Å²) in [4.78, 5) is 13.1. The van der Waals surface area contributed by atoms with Gasteiger partial charge in [0.2, 0.25) is 0 Å². The predicted octanol–water partition coefficient (Wildman–Crippen LogP) is 3.69. The van der Waals surface area contributed by atoms with Crippen LogP contribution in [0.15, 0.2) is 77.6 Å². The van der Waals surface area contributed by atoms with Gasteiger partial charge in [0, 0.05) is 11.6 Å². The summed E-state index contributed by atoms with van der Waals surface area (Å²) >= 11 is 0. The molecule has 4 rings (SSSR count). The normalized spacial score (nSPS) is 11.0. The summed E-state index contributed by atoms with van der Waals surface area (Å²) in [5, 5.41) is 15.6. The van der Waals surface area contributed by atoms with E-state index in [-0.39, 0.29) is 11.4 Å². The molecule has 0 unspecified atom stereocenters. The van der Waals surface area contributed by atoms with Gasteiger partial charge < -0.3 is 5.11 Å². The zero-order valence-corrected chi connectivity index (χ0v) is 15.7. The molecule has 140 valence electrons. The van der Waals surface area contributed by atoms with Gasteiger partial charge in [0.1, 0.15) is 16.9 Å². The number of aromatic hydroxyl groups is 1. The topological polar surface area (TPSA) is 58.5 Å². The molecule has 0 saturated heterocycles. The van der Waals surface area contributed by atoms with Crippen LogP contribution in [0, 0.1) is 0 Å². The van der Waals surface area contributed by atoms with Crippen LogP contribution in [-0.4, -0.2) is 14.7 Å². The van der Waals surface area contributed by atoms with Crippen LogP contribution < -0.4 is 10.1 Å². The minimum Gasteiger partial charge on any atom is -0.477 e. The summed E-state index contributed by atoms with van der Waals surface area (Å²) < 4.78 is 3.09. The number of nitrogens with zero attached hydrogens (tertiary/aromatic N) is 3. The molecule has 4 aromatic rings. The average Bonchev–Trinajstić information content (AvgIpc) is 2.75. The van der Waals surface area contributed by atoms with E-state index in [1.807, 2.05) is 72.8 Å². The van der Waals surface area contributed by atoms with E-state index in [0.29, 0.717) is 23.3 Å². The predicted molar refractivity (Wildman–Crippen MR) is 109 cm³/mol. The number of aromatic nitrogens is 3. The van der Waals surface area contributed by atoms with Gasteiger partial charge in [-0.05, 0) is 31.0 Å². The molecule has 2 aromatic carbocycles. The summed E-state index contributed by atoms with van der Waals surface area (Å²) in [6, 6.07) is 23.0. The van der Waals surface area contributed by atoms with Crippen molar-refractivity contribution >= 4 is 5.65 Å². The maximum atomic E-state index is 13.1. The number of para-hydroxylation sites is 1. The van der Waals surface area contributed by atoms with Gasteiger partial charge in [-0.25, -0.2) is 4.79 Å². The lowest BCUT2D eigenvalue weighted by atomic mass is 10.1. The van der Waals surface area contributed by atoms with Crippen LogP contribution in [0.1, 0.15) is 25.3 Å². The van der Waals surface area contributed by atoms with E-state index in [9.17, 15) is 9.90 Å². The first-order valence-electron chi connectivity index (χ1n) is 9.51. The lowest BCUT2D eigenvalue weighted by Gasteiger charge is -2.09. The monoisotopic (exact) mass is 372 g/mol. The summed E-state index contributed by atoms with van der Waals surface area (Å²) in [6.07, 6.45) is 2.26. The minimum atomic E-state index is -0.272. The molecular formula is C23H22N3O2+. The molecule has 0 aliphatic carbocycles. The number of benzene rings is 2. The second kappa shape index (κ2) is 7.64. The SMILES string of the molecule is CCCCc1c(O)[n+](-c2ccccc2)c2ccc(-c3ccccc3)nn2c1=O. The number of hydrogen-bond acceptors (Lipinski definition) is 3. The zero-order chi connectivity index (χ0) is 19.5. The molecule has 0 atom stereocenters. The molecule has 2 aromatic heterocycles. The number of unbranched alkanes of at least 4 members (excludes halogenated alkanes) is 1. The second-order valence-electron chi connectivity index (χ2n) is 6.74. The molecule has 0 spiro atoms. The van der Waals surface area contributed by atoms with Crippen molar-refractivity contribution < 1.29 is 9.67 Å². The molecule has 2 heterocycles. The van der Waals surface area contributed by atoms with Crippen LogP contribution in [0.4, 0.5) is 0 Å². The van der Waals surface area contributed by atoms with E-state index < -0.39 is 0 Å². The molecule has 5 nitrogen and oxygen atoms in total. The number of rotatable bonds is 5. The van der Waals surface area contributed by atoms with Crippen LogP contribution in [0.25, 0.3) is 22.6 Å². The molecule has 0 fully saturated rings. The van der Waals surface area contributed by atoms with Crippen molar-refractivity contribution in [3.63, 3.8) is 0 Å². The Bertz CT molecular complexity index is 1170. The molecule has 0 bridgehead atoms. The van der Waals surface area contributed by atoms with Gasteiger partial charge in [0.05, 0.1) is 0 Å². The summed E-state index contributed by atoms with van der Waals surface area (Å²) in [5.74, 6) is -0.0149. The maximum absolute atomic E-state index is 13.1. The lowest BCUT2D eigenvalue weighted by Crippen LogP contribution is -2.40. The van der Waals surface area contributed by atoms with E-state index in [1.165, 1.54) is 4.52 Å². The first kappa shape index (κ1) is 17.9. The van der Waals surface area contributed by atoms with Crippen LogP contribution in [0.2, 0.25) is 0 Å². The van der Waals surface area contributed by atoms with Crippen LogP contribution >= 0.6 is 0 Å². The van der Waals surface area contributed by atoms with E-state index in [1.54, 1.807) is 4.57 Å². The smallest absolute Gasteiger partial charge is 0.370 e. The Balaban J connectivity index is 2.03. The maximum Gasteiger partial charge on any atom is 0.370 e. The van der Waals surface area contributed by atoms with Crippen molar-refractivity contribution in [1.82, 2.24) is 9.61 Å². The van der Waals surface area contributed by atoms with E-state index >= 15 is 0 Å². The fourth-order valence-corrected chi connectivity index (χ4v) is 3.37. The third-order valence-electron chi connectivity index (χ3n) is 4.84. The zero-order valence-electron chi connectivity index (χ0n) is 15.7. The molecule has 0 aliphatic rings. The Kier molecular flexibility index (Phi) is 4.89. The average molecular weight is 372 g/mol. The molecule has 28 heavy (non-hydrogen) atoms. The Labute approximate surface area is 163 Å². The van der Waals surface area contributed by atoms with Gasteiger partial charge in [0.25, 0.3) is 5.88 Å². The number of fused-ring (bicyclic) bond motifs is 1. The van der Waals surface area contributed by atoms with Crippen LogP contribution in [-0.2, 0) is 6.42 Å². The third kappa shape index (κ3) is 3.16. The first-order valence-corrected chi connectivity index (χ1v) is 9.51. The summed E-state index contributed by atoms with van der Waals surface area (Å²) in [7, 11) is 0. The lowest BCUT2D eigenvalue weighted by molar-refractivity contribution is -0.581. The van der Waals surface area contributed by atoms with Gasteiger partial charge in [-0.3, -0.25) is 0 Å². The Morgan fingerprint density at radius 2 is 1.64 bits per heavy atom. The third-order valence-corrected chi connectivity index (χ3v) is 4.84. The number of hydrogen-bond donors (Lipinski definition) is 1. The molecule has 1 N–H and O–H groups in total. The first-order chi connectivity index (χ1) is 13.7. The molecular weight excluding hydrogens is 350 g/mol. The van der Waals surface area contributed by atoms with Crippen molar-refractivity contribution in [1.29, 1.82) is 0 Å². The van der Waals surface area contributed by atoms with Gasteiger partial charge >= 0.3 is 11.2 Å². The quantitative estimate of drug-likeness (QED) is 0.544. The largest absolute Gasteiger partial charge is 0.477 e. The molecule has 0 radical (unpaired) electrons. The summed E-state index contributed by atoms with van der Waals surface area (Å²) in [6.45, 7) is 2.06. The highest BCUT2D eigenvalue weighted by Crippen LogP contribution is 2.19. The highest BCUT2D eigenvalue weighted by Gasteiger charge is 2.26. The van der Waals surface area contributed by atoms with Crippen molar-refractivity contribution in [2.45, 2.75) is 26.2 Å². The molecule has 0 amide bonds. The summed E-state index contributed by atoms with van der Waals surface area (Å²) in [5.41, 5.74) is 3.07. The van der Waals surface area contributed by atoms with E-state index in [0.717, 1.165) is 24.1 Å². The highest BCUT2D eigenvalue weighted by atomic mass is 16.3. The molecule has 5 heteroatoms. The van der Waals surface area contributed by atoms with Crippen LogP contribution in [0.5, 0.6) is 5.88 Å². The fraction of sp³-hybridized carbons (Fsp3) is 0.174. The standard InChI is InChI=1S/C23H21N3O2/c1-2-3-14-19-22(27)25(18-12-8-5-9-13-18)21-16-15-20(24-26(21)23(19)28)17-10-6-4-7-11-17/h4-13,15-16H,2-3,14H2,1H3/p+1. The minimum absolute atomic E-state index is 0.0149. The van der Waals surface area contributed by atoms with Crippen LogP contribution in [0.3, 0.4) is 0 Å². The van der Waals surface area contributed by atoms with Crippen molar-refractivity contribution in [3.05, 3.63) is 88.7 Å². The Morgan fingerprint density at radius 3 is 2.32 bits per heavy atom. The Hall–Kier alpha value is -3.47. The van der Waals surface area contributed by atoms with E-state index in [4.69, 9.17) is 0 Å². The second-order valence-corrected chi connectivity index (χ2v) is 6.74. The van der Waals surface area contributed by atoms with Gasteiger partial charge in [-0.15, -0.1) is 0 Å².